The van der Waals surface area contributed by atoms with E-state index in [1.165, 1.54) is 55.3 Å². The van der Waals surface area contributed by atoms with Crippen LogP contribution in [0, 0.1) is 0 Å². The molecule has 41 heavy (non-hydrogen) atoms. The van der Waals surface area contributed by atoms with Gasteiger partial charge in [0.15, 0.2) is 0 Å². The van der Waals surface area contributed by atoms with E-state index in [1.807, 2.05) is 12.3 Å². The van der Waals surface area contributed by atoms with Crippen LogP contribution in [0.25, 0.3) is 82.9 Å². The van der Waals surface area contributed by atoms with Gasteiger partial charge >= 0.3 is 0 Å². The Balaban J connectivity index is 1.15. The summed E-state index contributed by atoms with van der Waals surface area (Å²) in [5, 5.41) is 3.79. The number of aromatic nitrogens is 3. The molecule has 190 valence electrons. The minimum Gasteiger partial charge on any atom is -0.306 e. The summed E-state index contributed by atoms with van der Waals surface area (Å²) >= 11 is 0. The Morgan fingerprint density at radius 1 is 0.463 bits per heavy atom. The Hall–Kier alpha value is -5.54. The normalized spacial score (nSPS) is 11.9. The molecule has 0 atom stereocenters. The van der Waals surface area contributed by atoms with Crippen LogP contribution in [0.15, 0.2) is 140 Å². The van der Waals surface area contributed by atoms with Gasteiger partial charge in [-0.15, -0.1) is 0 Å². The van der Waals surface area contributed by atoms with Crippen LogP contribution >= 0.6 is 0 Å². The lowest BCUT2D eigenvalue weighted by Crippen LogP contribution is -1.93. The zero-order valence-electron chi connectivity index (χ0n) is 22.1. The lowest BCUT2D eigenvalue weighted by molar-refractivity contribution is 1.14. The third-order valence-corrected chi connectivity index (χ3v) is 8.52. The second-order valence-corrected chi connectivity index (χ2v) is 10.7. The molecule has 0 unspecified atom stereocenters. The van der Waals surface area contributed by atoms with Crippen molar-refractivity contribution in [3.63, 3.8) is 0 Å². The molecular formula is C38H23N3. The van der Waals surface area contributed by atoms with E-state index >= 15 is 0 Å². The molecule has 9 rings (SSSR count). The van der Waals surface area contributed by atoms with Crippen molar-refractivity contribution in [2.75, 3.05) is 0 Å². The van der Waals surface area contributed by atoms with Gasteiger partial charge in [-0.3, -0.25) is 0 Å². The van der Waals surface area contributed by atoms with Crippen LogP contribution in [0.4, 0.5) is 0 Å². The molecule has 3 nitrogen and oxygen atoms in total. The highest BCUT2D eigenvalue weighted by molar-refractivity contribution is 6.18. The summed E-state index contributed by atoms with van der Waals surface area (Å²) in [7, 11) is 0. The molecule has 0 aliphatic heterocycles. The molecule has 0 amide bonds. The fraction of sp³-hybridized carbons (Fsp3) is 0. The fourth-order valence-corrected chi connectivity index (χ4v) is 6.68. The molecule has 2 aromatic heterocycles. The topological polar surface area (TPSA) is 30.7 Å². The highest BCUT2D eigenvalue weighted by atomic mass is 15.0. The molecular weight excluding hydrogens is 498 g/mol. The molecule has 2 heterocycles. The average Bonchev–Trinajstić information content (AvgIpc) is 3.56. The van der Waals surface area contributed by atoms with E-state index in [9.17, 15) is 0 Å². The van der Waals surface area contributed by atoms with Crippen LogP contribution in [-0.2, 0) is 0 Å². The maximum absolute atomic E-state index is 4.68. The van der Waals surface area contributed by atoms with Crippen LogP contribution in [0.1, 0.15) is 0 Å². The molecule has 0 saturated carbocycles. The number of hydrogen-bond acceptors (Lipinski definition) is 2. The van der Waals surface area contributed by atoms with Crippen molar-refractivity contribution >= 4 is 32.7 Å². The van der Waals surface area contributed by atoms with E-state index in [4.69, 9.17) is 0 Å². The summed E-state index contributed by atoms with van der Waals surface area (Å²) in [6.07, 6.45) is 3.54. The first kappa shape index (κ1) is 22.3. The molecule has 0 N–H and O–H groups in total. The monoisotopic (exact) mass is 521 g/mol. The molecule has 0 saturated heterocycles. The van der Waals surface area contributed by atoms with Crippen LogP contribution < -0.4 is 0 Å². The third kappa shape index (κ3) is 3.20. The average molecular weight is 522 g/mol. The molecule has 0 bridgehead atoms. The summed E-state index contributed by atoms with van der Waals surface area (Å²) in [5.74, 6) is 0. The van der Waals surface area contributed by atoms with Gasteiger partial charge in [0.05, 0.1) is 22.7 Å². The summed E-state index contributed by atoms with van der Waals surface area (Å²) in [6, 6.07) is 46.1. The number of rotatable bonds is 3. The third-order valence-electron chi connectivity index (χ3n) is 8.52. The fourth-order valence-electron chi connectivity index (χ4n) is 6.68. The molecule has 0 radical (unpaired) electrons. The predicted octanol–water partition coefficient (Wildman–Crippen LogP) is 9.71. The zero-order valence-corrected chi connectivity index (χ0v) is 22.1. The lowest BCUT2D eigenvalue weighted by atomic mass is 9.93. The first-order valence-electron chi connectivity index (χ1n) is 13.9. The van der Waals surface area contributed by atoms with Gasteiger partial charge < -0.3 is 4.57 Å². The van der Waals surface area contributed by atoms with Crippen molar-refractivity contribution in [2.24, 2.45) is 0 Å². The Labute approximate surface area is 237 Å². The van der Waals surface area contributed by atoms with E-state index < -0.39 is 0 Å². The van der Waals surface area contributed by atoms with Crippen molar-refractivity contribution in [1.82, 2.24) is 14.5 Å². The van der Waals surface area contributed by atoms with Crippen molar-refractivity contribution < 1.29 is 0 Å². The lowest BCUT2D eigenvalue weighted by Gasteiger charge is -2.11. The van der Waals surface area contributed by atoms with E-state index in [1.54, 1.807) is 6.33 Å². The summed E-state index contributed by atoms with van der Waals surface area (Å²) < 4.78 is 2.24. The minimum atomic E-state index is 0.964. The number of para-hydroxylation sites is 1. The van der Waals surface area contributed by atoms with Crippen LogP contribution in [0.3, 0.4) is 0 Å². The second kappa shape index (κ2) is 8.48. The Morgan fingerprint density at radius 2 is 1.15 bits per heavy atom. The maximum Gasteiger partial charge on any atom is 0.116 e. The quantitative estimate of drug-likeness (QED) is 0.232. The van der Waals surface area contributed by atoms with Gasteiger partial charge in [-0.2, -0.15) is 0 Å². The van der Waals surface area contributed by atoms with Crippen LogP contribution in [0.5, 0.6) is 0 Å². The number of hydrogen-bond donors (Lipinski definition) is 0. The molecule has 0 spiro atoms. The highest BCUT2D eigenvalue weighted by Crippen LogP contribution is 2.49. The zero-order chi connectivity index (χ0) is 26.9. The van der Waals surface area contributed by atoms with Crippen molar-refractivity contribution in [3.8, 4) is 50.2 Å². The smallest absolute Gasteiger partial charge is 0.116 e. The van der Waals surface area contributed by atoms with Crippen molar-refractivity contribution in [3.05, 3.63) is 140 Å². The summed E-state index contributed by atoms with van der Waals surface area (Å²) in [4.78, 5) is 9.00. The van der Waals surface area contributed by atoms with Crippen molar-refractivity contribution in [2.45, 2.75) is 0 Å². The minimum absolute atomic E-state index is 0.964. The largest absolute Gasteiger partial charge is 0.306 e. The highest BCUT2D eigenvalue weighted by Gasteiger charge is 2.22. The van der Waals surface area contributed by atoms with Gasteiger partial charge in [-0.1, -0.05) is 103 Å². The van der Waals surface area contributed by atoms with Gasteiger partial charge in [0.25, 0.3) is 0 Å². The second-order valence-electron chi connectivity index (χ2n) is 10.7. The van der Waals surface area contributed by atoms with E-state index in [-0.39, 0.29) is 0 Å². The van der Waals surface area contributed by atoms with E-state index in [0.717, 1.165) is 27.6 Å². The SMILES string of the molecule is c1ccc(-n2c3ccc(-c4ccc(-c5ccc6c7c(cccc57)-c5ccccc5-6)cc4)cc3c3ncncc32)cc1. The first-order chi connectivity index (χ1) is 20.3. The number of benzene rings is 6. The summed E-state index contributed by atoms with van der Waals surface area (Å²) in [6.45, 7) is 0. The van der Waals surface area contributed by atoms with Crippen LogP contribution in [-0.4, -0.2) is 14.5 Å². The Morgan fingerprint density at radius 3 is 1.98 bits per heavy atom. The maximum atomic E-state index is 4.68. The molecule has 6 aromatic carbocycles. The summed E-state index contributed by atoms with van der Waals surface area (Å²) in [5.41, 5.74) is 14.4. The van der Waals surface area contributed by atoms with E-state index in [0.29, 0.717) is 0 Å². The number of nitrogens with zero attached hydrogens (tertiary/aromatic N) is 3. The predicted molar refractivity (Wildman–Crippen MR) is 169 cm³/mol. The van der Waals surface area contributed by atoms with Gasteiger partial charge in [-0.05, 0) is 79.5 Å². The molecule has 3 heteroatoms. The standard InChI is InChI=1S/C38H23N3/c1-2-7-27(8-3-1)41-35-20-17-26(21-34(35)38-36(41)22-39-23-40-38)24-13-15-25(16-14-24)28-18-19-33-30-10-5-4-9-29(30)32-12-6-11-31(28)37(32)33/h1-23H. The molecule has 8 aromatic rings. The van der Waals surface area contributed by atoms with E-state index in [2.05, 4.69) is 136 Å². The van der Waals surface area contributed by atoms with Gasteiger partial charge in [-0.25, -0.2) is 9.97 Å². The van der Waals surface area contributed by atoms with Crippen LogP contribution in [0.2, 0.25) is 0 Å². The first-order valence-corrected chi connectivity index (χ1v) is 13.9. The van der Waals surface area contributed by atoms with Gasteiger partial charge in [0.1, 0.15) is 6.33 Å². The molecule has 0 fully saturated rings. The van der Waals surface area contributed by atoms with Gasteiger partial charge in [0, 0.05) is 11.1 Å². The number of fused-ring (bicyclic) bond motifs is 6. The molecule has 1 aliphatic rings. The molecule has 1 aliphatic carbocycles. The van der Waals surface area contributed by atoms with Crippen molar-refractivity contribution in [1.29, 1.82) is 0 Å². The van der Waals surface area contributed by atoms with Gasteiger partial charge in [0.2, 0.25) is 0 Å². The Kier molecular flexibility index (Phi) is 4.61. The Bertz CT molecular complexity index is 2270.